The summed E-state index contributed by atoms with van der Waals surface area (Å²) in [6, 6.07) is 3.86. The van der Waals surface area contributed by atoms with Gasteiger partial charge in [-0.2, -0.15) is 4.72 Å². The quantitative estimate of drug-likeness (QED) is 0.676. The zero-order chi connectivity index (χ0) is 22.1. The Balaban J connectivity index is 1.73. The van der Waals surface area contributed by atoms with Gasteiger partial charge in [0.15, 0.2) is 5.76 Å². The molecule has 0 aliphatic carbocycles. The van der Waals surface area contributed by atoms with Gasteiger partial charge in [0.2, 0.25) is 21.8 Å². The van der Waals surface area contributed by atoms with E-state index in [-0.39, 0.29) is 22.3 Å². The number of aromatic nitrogens is 1. The zero-order valence-electron chi connectivity index (χ0n) is 17.2. The van der Waals surface area contributed by atoms with E-state index in [1.54, 1.807) is 23.1 Å². The predicted octanol–water partition coefficient (Wildman–Crippen LogP) is 1.73. The van der Waals surface area contributed by atoms with Crippen LogP contribution in [0.3, 0.4) is 0 Å². The van der Waals surface area contributed by atoms with Gasteiger partial charge in [0.1, 0.15) is 16.3 Å². The van der Waals surface area contributed by atoms with Crippen LogP contribution in [0.15, 0.2) is 27.6 Å². The Bertz CT molecular complexity index is 1060. The third kappa shape index (κ3) is 4.31. The highest BCUT2D eigenvalue weighted by Gasteiger charge is 2.29. The summed E-state index contributed by atoms with van der Waals surface area (Å²) in [5.41, 5.74) is 1.25. The molecule has 162 valence electrons. The molecule has 1 fully saturated rings. The van der Waals surface area contributed by atoms with Crippen molar-refractivity contribution >= 4 is 33.2 Å². The minimum absolute atomic E-state index is 0.0208. The van der Waals surface area contributed by atoms with E-state index in [9.17, 15) is 18.0 Å². The largest absolute Gasteiger partial charge is 0.494 e. The van der Waals surface area contributed by atoms with E-state index < -0.39 is 22.0 Å². The summed E-state index contributed by atoms with van der Waals surface area (Å²) in [7, 11) is -2.51. The highest BCUT2D eigenvalue weighted by molar-refractivity contribution is 7.89. The van der Waals surface area contributed by atoms with Crippen molar-refractivity contribution in [2.45, 2.75) is 44.6 Å². The van der Waals surface area contributed by atoms with Crippen molar-refractivity contribution in [1.82, 2.24) is 9.88 Å². The number of aryl methyl sites for hydroxylation is 2. The number of nitrogens with one attached hydrogen (secondary N) is 2. The zero-order valence-corrected chi connectivity index (χ0v) is 18.0. The van der Waals surface area contributed by atoms with Crippen LogP contribution in [0.1, 0.15) is 31.2 Å². The van der Waals surface area contributed by atoms with E-state index in [4.69, 9.17) is 9.26 Å². The first-order valence-corrected chi connectivity index (χ1v) is 10.9. The van der Waals surface area contributed by atoms with Gasteiger partial charge >= 0.3 is 0 Å². The summed E-state index contributed by atoms with van der Waals surface area (Å²) >= 11 is 0. The van der Waals surface area contributed by atoms with Gasteiger partial charge in [0, 0.05) is 24.7 Å². The third-order valence-corrected chi connectivity index (χ3v) is 6.56. The molecular weight excluding hydrogens is 412 g/mol. The van der Waals surface area contributed by atoms with Crippen molar-refractivity contribution < 1.29 is 27.3 Å². The monoisotopic (exact) mass is 436 g/mol. The van der Waals surface area contributed by atoms with E-state index in [0.29, 0.717) is 30.1 Å². The summed E-state index contributed by atoms with van der Waals surface area (Å²) in [6.07, 6.45) is 1.27. The van der Waals surface area contributed by atoms with E-state index in [1.807, 2.05) is 0 Å². The number of hydrogen-bond acceptors (Lipinski definition) is 7. The maximum absolute atomic E-state index is 12.6. The maximum Gasteiger partial charge on any atom is 0.246 e. The second-order valence-electron chi connectivity index (χ2n) is 7.02. The minimum Gasteiger partial charge on any atom is -0.494 e. The van der Waals surface area contributed by atoms with Crippen LogP contribution in [0.2, 0.25) is 0 Å². The summed E-state index contributed by atoms with van der Waals surface area (Å²) in [5.74, 6) is 0.0428. The molecule has 2 heterocycles. The van der Waals surface area contributed by atoms with Crippen molar-refractivity contribution in [3.05, 3.63) is 29.7 Å². The van der Waals surface area contributed by atoms with Gasteiger partial charge in [-0.05, 0) is 39.3 Å². The fourth-order valence-electron chi connectivity index (χ4n) is 3.34. The third-order valence-electron chi connectivity index (χ3n) is 4.77. The van der Waals surface area contributed by atoms with E-state index >= 15 is 0 Å². The summed E-state index contributed by atoms with van der Waals surface area (Å²) < 4.78 is 37.7. The Hall–Kier alpha value is -2.92. The molecule has 10 nitrogen and oxygen atoms in total. The van der Waals surface area contributed by atoms with Crippen molar-refractivity contribution in [1.29, 1.82) is 0 Å². The van der Waals surface area contributed by atoms with Crippen LogP contribution in [0, 0.1) is 13.8 Å². The Kier molecular flexibility index (Phi) is 6.13. The molecule has 30 heavy (non-hydrogen) atoms. The molecular formula is C19H24N4O6S. The van der Waals surface area contributed by atoms with Gasteiger partial charge < -0.3 is 19.5 Å². The van der Waals surface area contributed by atoms with Crippen LogP contribution in [0.5, 0.6) is 5.75 Å². The number of ether oxygens (including phenoxy) is 1. The molecule has 1 aliphatic heterocycles. The molecule has 11 heteroatoms. The van der Waals surface area contributed by atoms with Gasteiger partial charge in [0.05, 0.1) is 18.8 Å². The van der Waals surface area contributed by atoms with E-state index in [1.165, 1.54) is 27.9 Å². The number of methoxy groups -OCH3 is 1. The van der Waals surface area contributed by atoms with Crippen LogP contribution < -0.4 is 19.7 Å². The molecule has 0 radical (unpaired) electrons. The van der Waals surface area contributed by atoms with Gasteiger partial charge in [-0.15, -0.1) is 0 Å². The van der Waals surface area contributed by atoms with Crippen molar-refractivity contribution in [2.24, 2.45) is 0 Å². The van der Waals surface area contributed by atoms with E-state index in [0.717, 1.165) is 6.42 Å². The first kappa shape index (κ1) is 21.8. The molecule has 0 bridgehead atoms. The first-order chi connectivity index (χ1) is 14.1. The van der Waals surface area contributed by atoms with Crippen molar-refractivity contribution in [2.75, 3.05) is 23.9 Å². The number of hydrogen-bond donors (Lipinski definition) is 2. The highest BCUT2D eigenvalue weighted by Crippen LogP contribution is 2.33. The molecule has 2 aromatic rings. The van der Waals surface area contributed by atoms with Crippen LogP contribution in [-0.2, 0) is 19.6 Å². The topological polar surface area (TPSA) is 131 Å². The Morgan fingerprint density at radius 3 is 2.63 bits per heavy atom. The molecule has 1 aromatic heterocycles. The number of amides is 2. The van der Waals surface area contributed by atoms with Gasteiger partial charge in [0.25, 0.3) is 0 Å². The maximum atomic E-state index is 12.6. The second kappa shape index (κ2) is 8.44. The average molecular weight is 436 g/mol. The fourth-order valence-corrected chi connectivity index (χ4v) is 4.87. The number of carbonyl (C=O) groups is 2. The highest BCUT2D eigenvalue weighted by atomic mass is 32.2. The van der Waals surface area contributed by atoms with Crippen molar-refractivity contribution in [3.63, 3.8) is 0 Å². The lowest BCUT2D eigenvalue weighted by Crippen LogP contribution is -2.41. The first-order valence-electron chi connectivity index (χ1n) is 9.38. The number of benzene rings is 1. The number of anilines is 2. The number of sulfonamides is 1. The molecule has 1 aliphatic rings. The average Bonchev–Trinajstić information content (AvgIpc) is 3.26. The lowest BCUT2D eigenvalue weighted by atomic mass is 10.2. The summed E-state index contributed by atoms with van der Waals surface area (Å²) in [4.78, 5) is 26.1. The van der Waals surface area contributed by atoms with Crippen LogP contribution in [0.4, 0.5) is 11.4 Å². The van der Waals surface area contributed by atoms with Crippen LogP contribution in [-0.4, -0.2) is 45.1 Å². The summed E-state index contributed by atoms with van der Waals surface area (Å²) in [5, 5.41) is 6.29. The second-order valence-corrected chi connectivity index (χ2v) is 8.67. The number of carbonyl (C=O) groups excluding carboxylic acids is 2. The molecule has 0 saturated carbocycles. The predicted molar refractivity (Wildman–Crippen MR) is 109 cm³/mol. The summed E-state index contributed by atoms with van der Waals surface area (Å²) in [6.45, 7) is 5.04. The van der Waals surface area contributed by atoms with Gasteiger partial charge in [-0.3, -0.25) is 9.59 Å². The molecule has 1 saturated heterocycles. The van der Waals surface area contributed by atoms with Gasteiger partial charge in [-0.1, -0.05) is 5.16 Å². The molecule has 0 spiro atoms. The molecule has 0 unspecified atom stereocenters. The minimum atomic E-state index is -3.99. The standard InChI is InChI=1S/C19H24N4O6S/c1-11-18(13(3)29-21-11)30(26,27)22-12(2)19(25)20-14-7-8-15(16(10-14)28-4)23-9-5-6-17(23)24/h7-8,10,12,22H,5-6,9H2,1-4H3,(H,20,25)/t12-/m0/s1. The Morgan fingerprint density at radius 1 is 1.33 bits per heavy atom. The van der Waals surface area contributed by atoms with Crippen molar-refractivity contribution in [3.8, 4) is 5.75 Å². The lowest BCUT2D eigenvalue weighted by molar-refractivity contribution is -0.118. The Morgan fingerprint density at radius 2 is 2.07 bits per heavy atom. The molecule has 1 aromatic carbocycles. The van der Waals surface area contributed by atoms with Crippen LogP contribution in [0.25, 0.3) is 0 Å². The fraction of sp³-hybridized carbons (Fsp3) is 0.421. The normalized spacial score (nSPS) is 15.3. The smallest absolute Gasteiger partial charge is 0.246 e. The number of rotatable bonds is 7. The molecule has 2 amide bonds. The SMILES string of the molecule is COc1cc(NC(=O)[C@H](C)NS(=O)(=O)c2c(C)noc2C)ccc1N1CCCC1=O. The lowest BCUT2D eigenvalue weighted by Gasteiger charge is -2.20. The molecule has 3 rings (SSSR count). The Labute approximate surface area is 174 Å². The van der Waals surface area contributed by atoms with Crippen LogP contribution >= 0.6 is 0 Å². The van der Waals surface area contributed by atoms with Gasteiger partial charge in [-0.25, -0.2) is 8.42 Å². The molecule has 1 atom stereocenters. The van der Waals surface area contributed by atoms with E-state index in [2.05, 4.69) is 15.2 Å². The number of nitrogens with zero attached hydrogens (tertiary/aromatic N) is 2. The molecule has 2 N–H and O–H groups in total.